The highest BCUT2D eigenvalue weighted by Crippen LogP contribution is 2.30. The van der Waals surface area contributed by atoms with E-state index in [4.69, 9.17) is 9.47 Å². The van der Waals surface area contributed by atoms with E-state index in [2.05, 4.69) is 27.7 Å². The topological polar surface area (TPSA) is 38.8 Å². The second-order valence-electron chi connectivity index (χ2n) is 7.07. The minimum Gasteiger partial charge on any atom is -0.493 e. The van der Waals surface area contributed by atoms with Crippen molar-refractivity contribution < 1.29 is 14.3 Å². The van der Waals surface area contributed by atoms with Gasteiger partial charge in [0.1, 0.15) is 0 Å². The number of methoxy groups -OCH3 is 1. The Bertz CT molecular complexity index is 538. The maximum atomic E-state index is 12.5. The summed E-state index contributed by atoms with van der Waals surface area (Å²) in [5.41, 5.74) is 0.633. The molecule has 0 aromatic heterocycles. The highest BCUT2D eigenvalue weighted by atomic mass is 16.5. The van der Waals surface area contributed by atoms with Crippen molar-refractivity contribution in [3.05, 3.63) is 23.8 Å². The van der Waals surface area contributed by atoms with Crippen molar-refractivity contribution in [1.82, 2.24) is 4.90 Å². The number of amides is 1. The van der Waals surface area contributed by atoms with Crippen LogP contribution in [0.25, 0.3) is 0 Å². The first-order valence-electron chi connectivity index (χ1n) is 9.47. The van der Waals surface area contributed by atoms with Crippen LogP contribution >= 0.6 is 0 Å². The lowest BCUT2D eigenvalue weighted by molar-refractivity contribution is 0.0772. The van der Waals surface area contributed by atoms with E-state index in [-0.39, 0.29) is 12.0 Å². The van der Waals surface area contributed by atoms with Crippen LogP contribution in [0, 0.1) is 11.8 Å². The summed E-state index contributed by atoms with van der Waals surface area (Å²) in [5, 5.41) is 0. The fourth-order valence-corrected chi connectivity index (χ4v) is 2.70. The van der Waals surface area contributed by atoms with Crippen LogP contribution in [0.5, 0.6) is 11.5 Å². The van der Waals surface area contributed by atoms with Crippen LogP contribution in [0.2, 0.25) is 0 Å². The van der Waals surface area contributed by atoms with Crippen molar-refractivity contribution in [3.8, 4) is 11.5 Å². The third-order valence-electron chi connectivity index (χ3n) is 4.96. The molecule has 0 aliphatic carbocycles. The standard InChI is InChI=1S/C21H35NO3/c1-8-22(9-2)21(23)18-12-13-19(20(14-18)24-7)25-17(6)11-10-16(5)15(3)4/h12-17H,8-11H2,1-7H3. The van der Waals surface area contributed by atoms with Crippen LogP contribution in [0.1, 0.15) is 64.7 Å². The first-order valence-corrected chi connectivity index (χ1v) is 9.47. The third-order valence-corrected chi connectivity index (χ3v) is 4.96. The molecule has 1 aromatic carbocycles. The van der Waals surface area contributed by atoms with Gasteiger partial charge in [-0.05, 0) is 63.6 Å². The number of hydrogen-bond donors (Lipinski definition) is 0. The molecule has 25 heavy (non-hydrogen) atoms. The van der Waals surface area contributed by atoms with Gasteiger partial charge in [0.05, 0.1) is 13.2 Å². The van der Waals surface area contributed by atoms with E-state index in [0.717, 1.165) is 12.8 Å². The maximum absolute atomic E-state index is 12.5. The summed E-state index contributed by atoms with van der Waals surface area (Å²) in [6, 6.07) is 5.44. The second kappa shape index (κ2) is 10.3. The maximum Gasteiger partial charge on any atom is 0.253 e. The molecule has 1 amide bonds. The predicted octanol–water partition coefficient (Wildman–Crippen LogP) is 5.02. The summed E-state index contributed by atoms with van der Waals surface area (Å²) in [4.78, 5) is 14.3. The molecule has 0 aliphatic heterocycles. The van der Waals surface area contributed by atoms with Crippen molar-refractivity contribution in [2.24, 2.45) is 11.8 Å². The summed E-state index contributed by atoms with van der Waals surface area (Å²) >= 11 is 0. The van der Waals surface area contributed by atoms with E-state index >= 15 is 0 Å². The van der Waals surface area contributed by atoms with Crippen molar-refractivity contribution in [3.63, 3.8) is 0 Å². The molecule has 2 atom stereocenters. The van der Waals surface area contributed by atoms with Gasteiger partial charge < -0.3 is 14.4 Å². The average molecular weight is 350 g/mol. The molecule has 0 bridgehead atoms. The Hall–Kier alpha value is -1.71. The zero-order valence-corrected chi connectivity index (χ0v) is 17.0. The predicted molar refractivity (Wildman–Crippen MR) is 104 cm³/mol. The Morgan fingerprint density at radius 1 is 1.04 bits per heavy atom. The lowest BCUT2D eigenvalue weighted by Gasteiger charge is -2.22. The molecule has 142 valence electrons. The highest BCUT2D eigenvalue weighted by molar-refractivity contribution is 5.94. The number of ether oxygens (including phenoxy) is 2. The van der Waals surface area contributed by atoms with Gasteiger partial charge in [0.25, 0.3) is 5.91 Å². The molecule has 4 heteroatoms. The van der Waals surface area contributed by atoms with Crippen LogP contribution < -0.4 is 9.47 Å². The zero-order chi connectivity index (χ0) is 19.0. The minimum absolute atomic E-state index is 0.0219. The van der Waals surface area contributed by atoms with E-state index in [9.17, 15) is 4.79 Å². The number of carbonyl (C=O) groups excluding carboxylic acids is 1. The summed E-state index contributed by atoms with van der Waals surface area (Å²) in [6.07, 6.45) is 2.25. The lowest BCUT2D eigenvalue weighted by atomic mass is 9.92. The molecule has 2 unspecified atom stereocenters. The van der Waals surface area contributed by atoms with Gasteiger partial charge >= 0.3 is 0 Å². The molecule has 0 heterocycles. The quantitative estimate of drug-likeness (QED) is 0.595. The fourth-order valence-electron chi connectivity index (χ4n) is 2.70. The van der Waals surface area contributed by atoms with Gasteiger partial charge in [-0.25, -0.2) is 0 Å². The van der Waals surface area contributed by atoms with E-state index in [0.29, 0.717) is 42.0 Å². The van der Waals surface area contributed by atoms with Gasteiger partial charge in [0.2, 0.25) is 0 Å². The summed E-state index contributed by atoms with van der Waals surface area (Å²) < 4.78 is 11.5. The first-order chi connectivity index (χ1) is 11.8. The van der Waals surface area contributed by atoms with Crippen molar-refractivity contribution in [2.75, 3.05) is 20.2 Å². The molecule has 1 aromatic rings. The Balaban J connectivity index is 2.79. The smallest absolute Gasteiger partial charge is 0.253 e. The normalized spacial score (nSPS) is 13.4. The Labute approximate surface area is 153 Å². The number of rotatable bonds is 10. The van der Waals surface area contributed by atoms with Crippen LogP contribution in [-0.2, 0) is 0 Å². The minimum atomic E-state index is 0.0219. The SMILES string of the molecule is CCN(CC)C(=O)c1ccc(OC(C)CCC(C)C(C)C)c(OC)c1. The molecule has 0 N–H and O–H groups in total. The van der Waals surface area contributed by atoms with Crippen LogP contribution in [0.15, 0.2) is 18.2 Å². The molecule has 0 saturated carbocycles. The molecule has 0 aliphatic rings. The Morgan fingerprint density at radius 3 is 2.20 bits per heavy atom. The van der Waals surface area contributed by atoms with E-state index < -0.39 is 0 Å². The number of carbonyl (C=O) groups is 1. The van der Waals surface area contributed by atoms with Gasteiger partial charge in [0.15, 0.2) is 11.5 Å². The van der Waals surface area contributed by atoms with E-state index in [1.54, 1.807) is 18.1 Å². The summed E-state index contributed by atoms with van der Waals surface area (Å²) in [7, 11) is 1.61. The Kier molecular flexibility index (Phi) is 8.81. The van der Waals surface area contributed by atoms with E-state index in [1.165, 1.54) is 0 Å². The van der Waals surface area contributed by atoms with Gasteiger partial charge in [-0.2, -0.15) is 0 Å². The van der Waals surface area contributed by atoms with Crippen molar-refractivity contribution >= 4 is 5.91 Å². The van der Waals surface area contributed by atoms with Crippen LogP contribution in [-0.4, -0.2) is 37.1 Å². The van der Waals surface area contributed by atoms with Crippen molar-refractivity contribution in [2.45, 2.75) is 60.5 Å². The fraction of sp³-hybridized carbons (Fsp3) is 0.667. The number of hydrogen-bond acceptors (Lipinski definition) is 3. The van der Waals surface area contributed by atoms with Gasteiger partial charge in [0, 0.05) is 18.7 Å². The van der Waals surface area contributed by atoms with Crippen LogP contribution in [0.3, 0.4) is 0 Å². The average Bonchev–Trinajstić information content (AvgIpc) is 2.60. The molecule has 0 radical (unpaired) electrons. The lowest BCUT2D eigenvalue weighted by Crippen LogP contribution is -2.30. The highest BCUT2D eigenvalue weighted by Gasteiger charge is 2.17. The molecule has 0 saturated heterocycles. The number of nitrogens with zero attached hydrogens (tertiary/aromatic N) is 1. The zero-order valence-electron chi connectivity index (χ0n) is 17.0. The summed E-state index contributed by atoms with van der Waals surface area (Å²) in [6.45, 7) is 14.2. The first kappa shape index (κ1) is 21.3. The van der Waals surface area contributed by atoms with Gasteiger partial charge in [-0.15, -0.1) is 0 Å². The van der Waals surface area contributed by atoms with Crippen LogP contribution in [0.4, 0.5) is 0 Å². The molecular weight excluding hydrogens is 314 g/mol. The molecular formula is C21H35NO3. The van der Waals surface area contributed by atoms with Gasteiger partial charge in [-0.3, -0.25) is 4.79 Å². The molecule has 1 rings (SSSR count). The largest absolute Gasteiger partial charge is 0.493 e. The van der Waals surface area contributed by atoms with E-state index in [1.807, 2.05) is 26.0 Å². The third kappa shape index (κ3) is 6.26. The monoisotopic (exact) mass is 349 g/mol. The number of benzene rings is 1. The Morgan fingerprint density at radius 2 is 1.68 bits per heavy atom. The summed E-state index contributed by atoms with van der Waals surface area (Å²) in [5.74, 6) is 2.70. The molecule has 0 spiro atoms. The molecule has 0 fully saturated rings. The van der Waals surface area contributed by atoms with Crippen molar-refractivity contribution in [1.29, 1.82) is 0 Å². The van der Waals surface area contributed by atoms with Gasteiger partial charge in [-0.1, -0.05) is 20.8 Å². The second-order valence-corrected chi connectivity index (χ2v) is 7.07. The molecule has 4 nitrogen and oxygen atoms in total.